The highest BCUT2D eigenvalue weighted by Crippen LogP contribution is 2.46. The zero-order valence-corrected chi connectivity index (χ0v) is 24.2. The van der Waals surface area contributed by atoms with Gasteiger partial charge in [-0.1, -0.05) is 18.2 Å². The number of hydrogen-bond acceptors (Lipinski definition) is 12. The Morgan fingerprint density at radius 1 is 1.23 bits per heavy atom. The predicted octanol–water partition coefficient (Wildman–Crippen LogP) is 1.60. The van der Waals surface area contributed by atoms with Crippen LogP contribution >= 0.6 is 7.75 Å². The second-order valence-electron chi connectivity index (χ2n) is 9.58. The summed E-state index contributed by atoms with van der Waals surface area (Å²) >= 11 is 0. The molecule has 6 atom stereocenters. The van der Waals surface area contributed by atoms with E-state index in [4.69, 9.17) is 34.2 Å². The molecule has 6 N–H and O–H groups in total. The summed E-state index contributed by atoms with van der Waals surface area (Å²) < 4.78 is 68.3. The first kappa shape index (κ1) is 35.7. The Balaban J connectivity index is 0.000000821. The molecule has 1 aliphatic rings. The van der Waals surface area contributed by atoms with Gasteiger partial charge in [-0.15, -0.1) is 0 Å². The molecule has 0 bridgehead atoms. The van der Waals surface area contributed by atoms with E-state index in [-0.39, 0.29) is 11.6 Å². The molecule has 0 aliphatic carbocycles. The van der Waals surface area contributed by atoms with E-state index < -0.39 is 74.3 Å². The van der Waals surface area contributed by atoms with E-state index in [9.17, 15) is 37.5 Å². The lowest BCUT2D eigenvalue weighted by molar-refractivity contribution is -0.192. The lowest BCUT2D eigenvalue weighted by atomic mass is 9.96. The molecule has 1 unspecified atom stereocenters. The number of benzene rings is 1. The smallest absolute Gasteiger partial charge is 0.475 e. The van der Waals surface area contributed by atoms with Crippen LogP contribution in [0.4, 0.5) is 19.0 Å². The monoisotopic (exact) mass is 640 g/mol. The summed E-state index contributed by atoms with van der Waals surface area (Å²) in [7, 11) is -4.24. The number of ether oxygens (including phenoxy) is 2. The highest BCUT2D eigenvalue weighted by molar-refractivity contribution is 7.52. The summed E-state index contributed by atoms with van der Waals surface area (Å²) in [5.74, 6) is -3.27. The molecule has 1 aromatic carbocycles. The second kappa shape index (κ2) is 14.3. The number of nitrogen functional groups attached to an aromatic ring is 1. The number of alkyl halides is 3. The minimum absolute atomic E-state index is 0.0236. The van der Waals surface area contributed by atoms with Gasteiger partial charge in [-0.25, -0.2) is 14.2 Å². The van der Waals surface area contributed by atoms with Crippen molar-refractivity contribution >= 4 is 25.5 Å². The number of carboxylic acids is 1. The van der Waals surface area contributed by atoms with E-state index in [2.05, 4.69) is 10.1 Å². The summed E-state index contributed by atoms with van der Waals surface area (Å²) in [5, 5.41) is 31.2. The van der Waals surface area contributed by atoms with Crippen molar-refractivity contribution < 1.29 is 61.2 Å². The van der Waals surface area contributed by atoms with Crippen LogP contribution in [-0.4, -0.2) is 79.5 Å². The molecule has 240 valence electrons. The molecule has 2 aromatic rings. The van der Waals surface area contributed by atoms with E-state index in [1.54, 1.807) is 32.0 Å². The van der Waals surface area contributed by atoms with Gasteiger partial charge in [0.15, 0.2) is 6.23 Å². The summed E-state index contributed by atoms with van der Waals surface area (Å²) in [4.78, 5) is 37.0. The number of nitrogens with two attached hydrogens (primary N) is 1. The number of anilines is 1. The molecule has 2 heterocycles. The third kappa shape index (κ3) is 10.0. The van der Waals surface area contributed by atoms with E-state index in [0.29, 0.717) is 0 Å². The van der Waals surface area contributed by atoms with Gasteiger partial charge >= 0.3 is 31.6 Å². The van der Waals surface area contributed by atoms with E-state index in [1.165, 1.54) is 38.2 Å². The minimum atomic E-state index is -5.08. The molecular formula is C24H32F3N4O11P. The van der Waals surface area contributed by atoms with E-state index in [0.717, 1.165) is 4.57 Å². The topological polar surface area (TPSA) is 222 Å². The molecule has 19 heteroatoms. The standard InChI is InChI=1S/C22H31N4O9P.C2HF3O2/c1-13(2)33-19(28)14(3)25-36(31,35-15-8-6-5-7-9-15)32-12-16-18(27)22(4,30)20(34-16)26-11-10-17(23)24-21(26)29;3-2(4,5)1(6)7/h5-11,13-14,16,18,20,27,30H,12H2,1-4H3,(H,25,31)(H2,23,24,29);(H,6,7)/t14-,16+,18+,20+,22+,36?;/m0./s1. The number of aliphatic hydroxyl groups excluding tert-OH is 1. The fourth-order valence-corrected chi connectivity index (χ4v) is 4.99. The van der Waals surface area contributed by atoms with Crippen molar-refractivity contribution in [2.75, 3.05) is 12.3 Å². The summed E-state index contributed by atoms with van der Waals surface area (Å²) in [6.45, 7) is 5.51. The van der Waals surface area contributed by atoms with Crippen molar-refractivity contribution in [2.45, 2.75) is 70.1 Å². The number of carboxylic acid groups (broad SMARTS) is 1. The molecule has 1 saturated heterocycles. The molecule has 1 aliphatic heterocycles. The van der Waals surface area contributed by atoms with Gasteiger partial charge in [0.1, 0.15) is 35.4 Å². The number of nitrogens with one attached hydrogen (secondary N) is 1. The summed E-state index contributed by atoms with van der Waals surface area (Å²) in [6, 6.07) is 8.37. The zero-order valence-electron chi connectivity index (χ0n) is 23.3. The molecule has 1 aromatic heterocycles. The van der Waals surface area contributed by atoms with Gasteiger partial charge < -0.3 is 35.1 Å². The molecule has 0 radical (unpaired) electrons. The molecular weight excluding hydrogens is 608 g/mol. The van der Waals surface area contributed by atoms with Crippen LogP contribution in [0.2, 0.25) is 0 Å². The van der Waals surface area contributed by atoms with Crippen LogP contribution in [0.3, 0.4) is 0 Å². The maximum Gasteiger partial charge on any atom is 0.490 e. The fourth-order valence-electron chi connectivity index (χ4n) is 3.49. The first-order chi connectivity index (χ1) is 19.8. The molecule has 1 fully saturated rings. The van der Waals surface area contributed by atoms with E-state index in [1.807, 2.05) is 0 Å². The number of carbonyl (C=O) groups excluding carboxylic acids is 1. The van der Waals surface area contributed by atoms with Gasteiger partial charge in [0, 0.05) is 6.20 Å². The Bertz CT molecular complexity index is 1360. The molecule has 0 saturated carbocycles. The fraction of sp³-hybridized carbons (Fsp3) is 0.500. The number of rotatable bonds is 10. The Kier molecular flexibility index (Phi) is 11.8. The van der Waals surface area contributed by atoms with Crippen molar-refractivity contribution in [3.63, 3.8) is 0 Å². The third-order valence-corrected chi connectivity index (χ3v) is 7.18. The van der Waals surface area contributed by atoms with Gasteiger partial charge in [-0.2, -0.15) is 23.2 Å². The number of halogens is 3. The van der Waals surface area contributed by atoms with Gasteiger partial charge in [0.25, 0.3) is 0 Å². The second-order valence-corrected chi connectivity index (χ2v) is 11.3. The first-order valence-corrected chi connectivity index (χ1v) is 14.0. The molecule has 0 spiro atoms. The number of nitrogens with zero attached hydrogens (tertiary/aromatic N) is 2. The van der Waals surface area contributed by atoms with Gasteiger partial charge in [-0.3, -0.25) is 13.9 Å². The van der Waals surface area contributed by atoms with E-state index >= 15 is 0 Å². The quantitative estimate of drug-likeness (QED) is 0.184. The SMILES string of the molecule is CC(C)OC(=O)[C@H](C)NP(=O)(OC[C@H]1O[C@@H](n2ccc(N)nc2=O)[C@](C)(O)[C@@H]1O)Oc1ccccc1.O=C(O)C(F)(F)F. The van der Waals surface area contributed by atoms with Crippen molar-refractivity contribution in [1.29, 1.82) is 0 Å². The van der Waals surface area contributed by atoms with Crippen LogP contribution in [0.25, 0.3) is 0 Å². The lowest BCUT2D eigenvalue weighted by Gasteiger charge is -2.27. The predicted molar refractivity (Wildman–Crippen MR) is 142 cm³/mol. The molecule has 0 amide bonds. The largest absolute Gasteiger partial charge is 0.490 e. The van der Waals surface area contributed by atoms with Crippen molar-refractivity contribution in [1.82, 2.24) is 14.6 Å². The maximum absolute atomic E-state index is 13.6. The minimum Gasteiger partial charge on any atom is -0.475 e. The number of aliphatic hydroxyl groups is 2. The Labute approximate surface area is 242 Å². The van der Waals surface area contributed by atoms with Crippen LogP contribution in [0, 0.1) is 0 Å². The Hall–Kier alpha value is -3.54. The highest BCUT2D eigenvalue weighted by atomic mass is 31.2. The summed E-state index contributed by atoms with van der Waals surface area (Å²) in [5.41, 5.74) is 2.77. The zero-order chi connectivity index (χ0) is 32.8. The van der Waals surface area contributed by atoms with Crippen LogP contribution < -0.4 is 21.0 Å². The van der Waals surface area contributed by atoms with Gasteiger partial charge in [0.2, 0.25) is 0 Å². The average Bonchev–Trinajstić information content (AvgIpc) is 3.11. The molecule has 15 nitrogen and oxygen atoms in total. The Morgan fingerprint density at radius 3 is 2.33 bits per heavy atom. The average molecular weight is 641 g/mol. The normalized spacial score (nSPS) is 23.9. The highest BCUT2D eigenvalue weighted by Gasteiger charge is 2.54. The third-order valence-electron chi connectivity index (χ3n) is 5.54. The summed E-state index contributed by atoms with van der Waals surface area (Å²) in [6.07, 6.45) is -8.34. The van der Waals surface area contributed by atoms with Crippen molar-refractivity contribution in [3.8, 4) is 5.75 Å². The number of aliphatic carboxylic acids is 1. The van der Waals surface area contributed by atoms with Crippen LogP contribution in [-0.2, 0) is 28.2 Å². The molecule has 3 rings (SSSR count). The van der Waals surface area contributed by atoms with Gasteiger partial charge in [0.05, 0.1) is 12.7 Å². The Morgan fingerprint density at radius 2 is 1.81 bits per heavy atom. The van der Waals surface area contributed by atoms with Crippen molar-refractivity contribution in [3.05, 3.63) is 53.1 Å². The van der Waals surface area contributed by atoms with Crippen LogP contribution in [0.1, 0.15) is 33.9 Å². The maximum atomic E-state index is 13.6. The van der Waals surface area contributed by atoms with Crippen molar-refractivity contribution in [2.24, 2.45) is 0 Å². The molecule has 43 heavy (non-hydrogen) atoms. The van der Waals surface area contributed by atoms with Crippen LogP contribution in [0.15, 0.2) is 47.4 Å². The lowest BCUT2D eigenvalue weighted by Crippen LogP contribution is -2.46. The number of aromatic nitrogens is 2. The van der Waals surface area contributed by atoms with Crippen LogP contribution in [0.5, 0.6) is 5.75 Å². The number of para-hydroxylation sites is 1. The number of hydrogen-bond donors (Lipinski definition) is 5. The number of carbonyl (C=O) groups is 2. The first-order valence-electron chi connectivity index (χ1n) is 12.4. The number of esters is 1. The van der Waals surface area contributed by atoms with Gasteiger partial charge in [-0.05, 0) is 45.9 Å².